The summed E-state index contributed by atoms with van der Waals surface area (Å²) < 4.78 is 33.7. The predicted molar refractivity (Wildman–Crippen MR) is 68.6 cm³/mol. The van der Waals surface area contributed by atoms with Crippen LogP contribution in [0.25, 0.3) is 0 Å². The Hall–Kier alpha value is -1.59. The van der Waals surface area contributed by atoms with Crippen LogP contribution in [0.5, 0.6) is 0 Å². The fraction of sp³-hybridized carbons (Fsp3) is 0.455. The lowest BCUT2D eigenvalue weighted by atomic mass is 10.2. The number of benzene rings is 1. The van der Waals surface area contributed by atoms with Crippen molar-refractivity contribution in [1.29, 1.82) is 0 Å². The summed E-state index contributed by atoms with van der Waals surface area (Å²) >= 11 is 0. The molecule has 1 unspecified atom stereocenters. The van der Waals surface area contributed by atoms with Gasteiger partial charge in [-0.3, -0.25) is 15.3 Å². The highest BCUT2D eigenvalue weighted by molar-refractivity contribution is 7.86. The zero-order chi connectivity index (χ0) is 15.5. The van der Waals surface area contributed by atoms with Gasteiger partial charge in [0.2, 0.25) is 0 Å². The number of hydrogen-bond donors (Lipinski definition) is 1. The van der Waals surface area contributed by atoms with Crippen LogP contribution in [-0.4, -0.2) is 36.6 Å². The van der Waals surface area contributed by atoms with E-state index in [1.165, 1.54) is 12.1 Å². The number of hydroxylamine groups is 2. The Morgan fingerprint density at radius 3 is 2.71 bits per heavy atom. The minimum Gasteiger partial charge on any atom is -0.358 e. The van der Waals surface area contributed by atoms with E-state index in [4.69, 9.17) is 4.74 Å². The molecule has 1 N–H and O–H groups in total. The topological polar surface area (TPSA) is 119 Å². The van der Waals surface area contributed by atoms with Gasteiger partial charge in [-0.1, -0.05) is 12.1 Å². The number of nitro groups is 1. The summed E-state index contributed by atoms with van der Waals surface area (Å²) in [6, 6.07) is 4.72. The van der Waals surface area contributed by atoms with Gasteiger partial charge in [0.05, 0.1) is 4.92 Å². The third kappa shape index (κ3) is 3.74. The molecule has 0 radical (unpaired) electrons. The smallest absolute Gasteiger partial charge is 0.321 e. The summed E-state index contributed by atoms with van der Waals surface area (Å²) in [7, 11) is -4.53. The second-order valence-electron chi connectivity index (χ2n) is 4.38. The Kier molecular flexibility index (Phi) is 4.85. The summed E-state index contributed by atoms with van der Waals surface area (Å²) in [5.74, 6) is 0. The SMILES string of the molecule is O=[N+]([O-])c1ccccc1S(=O)(=O)ON(O)C1CCCCO1. The van der Waals surface area contributed by atoms with Crippen molar-refractivity contribution in [3.63, 3.8) is 0 Å². The lowest BCUT2D eigenvalue weighted by Crippen LogP contribution is -2.38. The van der Waals surface area contributed by atoms with Crippen molar-refractivity contribution in [2.24, 2.45) is 0 Å². The Morgan fingerprint density at radius 2 is 2.10 bits per heavy atom. The summed E-state index contributed by atoms with van der Waals surface area (Å²) in [6.07, 6.45) is 1.03. The quantitative estimate of drug-likeness (QED) is 0.639. The van der Waals surface area contributed by atoms with Crippen LogP contribution in [0, 0.1) is 10.1 Å². The summed E-state index contributed by atoms with van der Waals surface area (Å²) in [6.45, 7) is 0.372. The minimum atomic E-state index is -4.53. The number of rotatable bonds is 5. The predicted octanol–water partition coefficient (Wildman–Crippen LogP) is 1.43. The summed E-state index contributed by atoms with van der Waals surface area (Å²) in [5, 5.41) is 20.6. The normalized spacial score (nSPS) is 19.6. The first-order valence-electron chi connectivity index (χ1n) is 6.19. The molecule has 0 aromatic heterocycles. The molecule has 1 fully saturated rings. The third-order valence-electron chi connectivity index (χ3n) is 2.91. The fourth-order valence-corrected chi connectivity index (χ4v) is 2.93. The van der Waals surface area contributed by atoms with Crippen LogP contribution in [-0.2, 0) is 19.1 Å². The van der Waals surface area contributed by atoms with Crippen molar-refractivity contribution < 1.29 is 27.6 Å². The van der Waals surface area contributed by atoms with Gasteiger partial charge in [-0.05, 0) is 30.6 Å². The van der Waals surface area contributed by atoms with E-state index in [1.807, 2.05) is 0 Å². The Bertz CT molecular complexity index is 613. The van der Waals surface area contributed by atoms with E-state index in [1.54, 1.807) is 0 Å². The monoisotopic (exact) mass is 318 g/mol. The zero-order valence-corrected chi connectivity index (χ0v) is 11.7. The number of nitro benzene ring substituents is 1. The second kappa shape index (κ2) is 6.45. The number of para-hydroxylation sites is 1. The maximum Gasteiger partial charge on any atom is 0.321 e. The molecule has 1 aliphatic rings. The largest absolute Gasteiger partial charge is 0.358 e. The molecule has 1 heterocycles. The molecule has 0 saturated carbocycles. The maximum atomic E-state index is 12.0. The van der Waals surface area contributed by atoms with Crippen LogP contribution in [0.15, 0.2) is 29.2 Å². The Balaban J connectivity index is 2.20. The van der Waals surface area contributed by atoms with Crippen LogP contribution in [0.4, 0.5) is 5.69 Å². The van der Waals surface area contributed by atoms with Crippen LogP contribution < -0.4 is 0 Å². The Labute approximate surface area is 120 Å². The summed E-state index contributed by atoms with van der Waals surface area (Å²) in [4.78, 5) is 9.37. The standard InChI is InChI=1S/C11H14N2O7S/c14-12(15)9-5-1-2-6-10(9)21(17,18)20-13(16)11-7-3-4-8-19-11/h1-2,5-6,11,16H,3-4,7-8H2. The first-order chi connectivity index (χ1) is 9.92. The van der Waals surface area contributed by atoms with Crippen molar-refractivity contribution in [2.45, 2.75) is 30.4 Å². The first-order valence-corrected chi connectivity index (χ1v) is 7.60. The number of nitrogens with zero attached hydrogens (tertiary/aromatic N) is 2. The van der Waals surface area contributed by atoms with Crippen molar-refractivity contribution in [1.82, 2.24) is 5.23 Å². The zero-order valence-electron chi connectivity index (χ0n) is 10.9. The van der Waals surface area contributed by atoms with E-state index >= 15 is 0 Å². The lowest BCUT2D eigenvalue weighted by Gasteiger charge is -2.27. The van der Waals surface area contributed by atoms with Gasteiger partial charge in [0, 0.05) is 12.7 Å². The molecule has 1 saturated heterocycles. The van der Waals surface area contributed by atoms with Gasteiger partial charge in [0.1, 0.15) is 0 Å². The van der Waals surface area contributed by atoms with E-state index in [0.717, 1.165) is 25.0 Å². The Morgan fingerprint density at radius 1 is 1.38 bits per heavy atom. The molecule has 1 atom stereocenters. The molecule has 0 spiro atoms. The van der Waals surface area contributed by atoms with Crippen molar-refractivity contribution in [3.8, 4) is 0 Å². The third-order valence-corrected chi connectivity index (χ3v) is 4.14. The second-order valence-corrected chi connectivity index (χ2v) is 5.87. The molecule has 0 aliphatic carbocycles. The molecule has 2 rings (SSSR count). The number of ether oxygens (including phenoxy) is 1. The van der Waals surface area contributed by atoms with E-state index in [0.29, 0.717) is 13.0 Å². The lowest BCUT2D eigenvalue weighted by molar-refractivity contribution is -0.388. The molecular weight excluding hydrogens is 304 g/mol. The van der Waals surface area contributed by atoms with Crippen molar-refractivity contribution in [2.75, 3.05) is 6.61 Å². The van der Waals surface area contributed by atoms with Crippen LogP contribution in [0.2, 0.25) is 0 Å². The van der Waals surface area contributed by atoms with Crippen LogP contribution in [0.1, 0.15) is 19.3 Å². The number of hydrogen-bond acceptors (Lipinski definition) is 8. The molecule has 1 aromatic rings. The van der Waals surface area contributed by atoms with Crippen molar-refractivity contribution in [3.05, 3.63) is 34.4 Å². The molecule has 9 nitrogen and oxygen atoms in total. The fourth-order valence-electron chi connectivity index (χ4n) is 1.91. The van der Waals surface area contributed by atoms with Gasteiger partial charge in [0.15, 0.2) is 11.1 Å². The summed E-state index contributed by atoms with van der Waals surface area (Å²) in [5.41, 5.74) is -0.629. The van der Waals surface area contributed by atoms with Crippen molar-refractivity contribution >= 4 is 15.8 Å². The van der Waals surface area contributed by atoms with E-state index in [-0.39, 0.29) is 5.23 Å². The molecular formula is C11H14N2O7S. The molecule has 0 amide bonds. The van der Waals surface area contributed by atoms with E-state index < -0.39 is 31.9 Å². The van der Waals surface area contributed by atoms with Gasteiger partial charge in [-0.25, -0.2) is 0 Å². The van der Waals surface area contributed by atoms with Gasteiger partial charge in [-0.15, -0.1) is 4.28 Å². The molecule has 1 aliphatic heterocycles. The first kappa shape index (κ1) is 15.8. The minimum absolute atomic E-state index is 0.0885. The van der Waals surface area contributed by atoms with Gasteiger partial charge in [0.25, 0.3) is 5.69 Å². The average molecular weight is 318 g/mol. The van der Waals surface area contributed by atoms with Crippen LogP contribution in [0.3, 0.4) is 0 Å². The molecule has 0 bridgehead atoms. The maximum absolute atomic E-state index is 12.0. The highest BCUT2D eigenvalue weighted by atomic mass is 32.2. The molecule has 10 heteroatoms. The van der Waals surface area contributed by atoms with Gasteiger partial charge >= 0.3 is 10.1 Å². The average Bonchev–Trinajstić information content (AvgIpc) is 2.47. The molecule has 1 aromatic carbocycles. The van der Waals surface area contributed by atoms with Gasteiger partial charge < -0.3 is 4.74 Å². The highest BCUT2D eigenvalue weighted by Gasteiger charge is 2.32. The van der Waals surface area contributed by atoms with Crippen LogP contribution >= 0.6 is 0 Å². The molecule has 21 heavy (non-hydrogen) atoms. The highest BCUT2D eigenvalue weighted by Crippen LogP contribution is 2.26. The van der Waals surface area contributed by atoms with E-state index in [2.05, 4.69) is 4.28 Å². The van der Waals surface area contributed by atoms with Gasteiger partial charge in [-0.2, -0.15) is 8.42 Å². The van der Waals surface area contributed by atoms with E-state index in [9.17, 15) is 23.7 Å². The molecule has 116 valence electrons.